The Morgan fingerprint density at radius 2 is 0.957 bits per heavy atom. The number of aryl methyl sites for hydroxylation is 2. The van der Waals surface area contributed by atoms with Gasteiger partial charge in [-0.25, -0.2) is 9.97 Å². The quantitative estimate of drug-likeness (QED) is 0.0457. The lowest BCUT2D eigenvalue weighted by atomic mass is 9.95. The van der Waals surface area contributed by atoms with Crippen LogP contribution in [0.4, 0.5) is 0 Å². The van der Waals surface area contributed by atoms with Crippen molar-refractivity contribution in [1.29, 1.82) is 0 Å². The number of carboxylic acid groups (broad SMARTS) is 2. The van der Waals surface area contributed by atoms with E-state index in [1.54, 1.807) is 13.8 Å². The fraction of sp³-hybridized carbons (Fsp3) is 0.286. The van der Waals surface area contributed by atoms with Crippen LogP contribution in [0.25, 0.3) is 22.9 Å². The zero-order chi connectivity index (χ0) is 49.8. The number of nitrogens with zero attached hydrogens (tertiary/aromatic N) is 4. The molecule has 0 aliphatic carbocycles. The molecular weight excluding hydrogens is 889 g/mol. The van der Waals surface area contributed by atoms with E-state index in [0.717, 1.165) is 50.7 Å². The topological polar surface area (TPSA) is 188 Å². The van der Waals surface area contributed by atoms with E-state index in [0.29, 0.717) is 73.6 Å². The molecule has 2 atom stereocenters. The number of hydrogen-bond acceptors (Lipinski definition) is 12. The molecular formula is C56H60N4O10. The summed E-state index contributed by atoms with van der Waals surface area (Å²) in [4.78, 5) is 43.3. The highest BCUT2D eigenvalue weighted by Gasteiger charge is 2.24. The number of ether oxygens (including phenoxy) is 2. The fourth-order valence-corrected chi connectivity index (χ4v) is 7.10. The Bertz CT molecular complexity index is 2770. The third-order valence-electron chi connectivity index (χ3n) is 11.1. The van der Waals surface area contributed by atoms with Gasteiger partial charge in [-0.1, -0.05) is 101 Å². The minimum absolute atomic E-state index is 0.100. The number of carbonyl (C=O) groups is 2. The molecule has 2 aromatic heterocycles. The SMILES string of the molecule is CC(=NOC(C)C)C(Cc1ccc(OCCc2nc(-c3ccccc3)oc2C)cc1)C(=O)O.CC(=NOCc1ccccc1)C(Cc1ccc(OCCc2nc(-c3ccccc3)oc2C)cc1)C(=O)O. The van der Waals surface area contributed by atoms with Crippen molar-refractivity contribution in [2.45, 2.75) is 79.9 Å². The zero-order valence-corrected chi connectivity index (χ0v) is 40.4. The van der Waals surface area contributed by atoms with Gasteiger partial charge in [0.2, 0.25) is 11.8 Å². The highest BCUT2D eigenvalue weighted by Crippen LogP contribution is 2.25. The molecule has 0 saturated carbocycles. The number of carboxylic acids is 2. The molecule has 2 unspecified atom stereocenters. The molecule has 7 rings (SSSR count). The van der Waals surface area contributed by atoms with Gasteiger partial charge in [-0.2, -0.15) is 0 Å². The Balaban J connectivity index is 0.000000231. The summed E-state index contributed by atoms with van der Waals surface area (Å²) in [6.07, 6.45) is 1.77. The Labute approximate surface area is 408 Å². The van der Waals surface area contributed by atoms with Crippen LogP contribution in [0.2, 0.25) is 0 Å². The Morgan fingerprint density at radius 3 is 1.36 bits per heavy atom. The first-order valence-corrected chi connectivity index (χ1v) is 23.2. The largest absolute Gasteiger partial charge is 0.493 e. The molecule has 70 heavy (non-hydrogen) atoms. The molecule has 0 amide bonds. The summed E-state index contributed by atoms with van der Waals surface area (Å²) >= 11 is 0. The maximum Gasteiger partial charge on any atom is 0.312 e. The molecule has 14 heteroatoms. The highest BCUT2D eigenvalue weighted by atomic mass is 16.6. The van der Waals surface area contributed by atoms with Crippen molar-refractivity contribution in [2.75, 3.05) is 13.2 Å². The smallest absolute Gasteiger partial charge is 0.312 e. The highest BCUT2D eigenvalue weighted by molar-refractivity contribution is 6.00. The number of rotatable bonds is 23. The van der Waals surface area contributed by atoms with Crippen LogP contribution in [-0.2, 0) is 51.6 Å². The van der Waals surface area contributed by atoms with E-state index in [2.05, 4.69) is 20.3 Å². The monoisotopic (exact) mass is 948 g/mol. The van der Waals surface area contributed by atoms with Crippen molar-refractivity contribution >= 4 is 23.4 Å². The maximum atomic E-state index is 11.9. The van der Waals surface area contributed by atoms with E-state index in [1.807, 2.05) is 167 Å². The van der Waals surface area contributed by atoms with Crippen LogP contribution in [-0.4, -0.2) is 62.9 Å². The van der Waals surface area contributed by atoms with Crippen LogP contribution >= 0.6 is 0 Å². The second-order valence-corrected chi connectivity index (χ2v) is 16.8. The third kappa shape index (κ3) is 15.8. The molecule has 0 radical (unpaired) electrons. The number of aromatic nitrogens is 2. The van der Waals surface area contributed by atoms with Gasteiger partial charge >= 0.3 is 11.9 Å². The average Bonchev–Trinajstić information content (AvgIpc) is 3.94. The minimum atomic E-state index is -0.942. The number of benzene rings is 5. The molecule has 14 nitrogen and oxygen atoms in total. The van der Waals surface area contributed by atoms with Crippen LogP contribution < -0.4 is 9.47 Å². The van der Waals surface area contributed by atoms with E-state index in [9.17, 15) is 19.8 Å². The van der Waals surface area contributed by atoms with Crippen molar-refractivity contribution in [1.82, 2.24) is 9.97 Å². The Morgan fingerprint density at radius 1 is 0.557 bits per heavy atom. The summed E-state index contributed by atoms with van der Waals surface area (Å²) in [5, 5.41) is 27.3. The van der Waals surface area contributed by atoms with E-state index in [4.69, 9.17) is 28.0 Å². The van der Waals surface area contributed by atoms with Crippen molar-refractivity contribution < 1.29 is 47.8 Å². The summed E-state index contributed by atoms with van der Waals surface area (Å²) in [6, 6.07) is 44.1. The van der Waals surface area contributed by atoms with Crippen molar-refractivity contribution in [3.63, 3.8) is 0 Å². The van der Waals surface area contributed by atoms with Crippen molar-refractivity contribution in [2.24, 2.45) is 22.1 Å². The predicted octanol–water partition coefficient (Wildman–Crippen LogP) is 11.4. The molecule has 2 N–H and O–H groups in total. The Kier molecular flexibility index (Phi) is 19.0. The second kappa shape index (κ2) is 25.9. The summed E-state index contributed by atoms with van der Waals surface area (Å²) in [6.45, 7) is 12.0. The first kappa shape index (κ1) is 51.4. The van der Waals surface area contributed by atoms with Crippen molar-refractivity contribution in [3.05, 3.63) is 179 Å². The zero-order valence-electron chi connectivity index (χ0n) is 40.4. The molecule has 0 saturated heterocycles. The van der Waals surface area contributed by atoms with Crippen molar-refractivity contribution in [3.8, 4) is 34.4 Å². The van der Waals surface area contributed by atoms with Crippen LogP contribution in [0.1, 0.15) is 67.3 Å². The maximum absolute atomic E-state index is 11.9. The first-order chi connectivity index (χ1) is 33.8. The van der Waals surface area contributed by atoms with Gasteiger partial charge in [0.15, 0.2) is 0 Å². The number of oxazole rings is 2. The van der Waals surface area contributed by atoms with Gasteiger partial charge in [0.05, 0.1) is 36.0 Å². The molecule has 0 bridgehead atoms. The second-order valence-electron chi connectivity index (χ2n) is 16.8. The van der Waals surface area contributed by atoms with Crippen LogP contribution in [0.3, 0.4) is 0 Å². The summed E-state index contributed by atoms with van der Waals surface area (Å²) in [7, 11) is 0. The summed E-state index contributed by atoms with van der Waals surface area (Å²) in [5.74, 6) is 0.798. The molecule has 0 fully saturated rings. The molecule has 0 spiro atoms. The van der Waals surface area contributed by atoms with Gasteiger partial charge in [-0.3, -0.25) is 9.59 Å². The van der Waals surface area contributed by atoms with E-state index < -0.39 is 23.8 Å². The normalized spacial score (nSPS) is 12.4. The van der Waals surface area contributed by atoms with Gasteiger partial charge in [0.25, 0.3) is 0 Å². The predicted molar refractivity (Wildman–Crippen MR) is 268 cm³/mol. The summed E-state index contributed by atoms with van der Waals surface area (Å²) < 4.78 is 23.3. The van der Waals surface area contributed by atoms with Crippen LogP contribution in [0, 0.1) is 25.7 Å². The van der Waals surface area contributed by atoms with Crippen LogP contribution in [0.15, 0.2) is 159 Å². The van der Waals surface area contributed by atoms with Crippen LogP contribution in [0.5, 0.6) is 11.5 Å². The lowest BCUT2D eigenvalue weighted by Gasteiger charge is -2.13. The lowest BCUT2D eigenvalue weighted by molar-refractivity contribution is -0.140. The lowest BCUT2D eigenvalue weighted by Crippen LogP contribution is -2.24. The third-order valence-corrected chi connectivity index (χ3v) is 11.1. The fourth-order valence-electron chi connectivity index (χ4n) is 7.10. The summed E-state index contributed by atoms with van der Waals surface area (Å²) in [5.41, 5.74) is 7.20. The molecule has 364 valence electrons. The first-order valence-electron chi connectivity index (χ1n) is 23.2. The van der Waals surface area contributed by atoms with Gasteiger partial charge in [-0.15, -0.1) is 0 Å². The molecule has 7 aromatic rings. The molecule has 2 heterocycles. The van der Waals surface area contributed by atoms with E-state index >= 15 is 0 Å². The average molecular weight is 949 g/mol. The Hall–Kier alpha value is -8.00. The van der Waals surface area contributed by atoms with Gasteiger partial charge < -0.3 is 38.2 Å². The van der Waals surface area contributed by atoms with Gasteiger partial charge in [0, 0.05) is 24.0 Å². The van der Waals surface area contributed by atoms with E-state index in [-0.39, 0.29) is 12.7 Å². The number of hydrogen-bond donors (Lipinski definition) is 2. The van der Waals surface area contributed by atoms with Gasteiger partial charge in [0.1, 0.15) is 47.6 Å². The standard InChI is InChI=1S/C30H30N2O5.C26H30N2O5/c1-21(32-36-20-24-9-5-3-6-10-24)27(30(33)34)19-23-13-15-26(16-14-23)35-18-17-28-22(2)37-29(31-28)25-11-7-4-8-12-25;1-17(2)33-28-18(3)23(26(29)30)16-20-10-12-22(13-11-20)31-15-14-24-19(4)32-25(27-24)21-8-6-5-7-9-21/h3-16,27H,17-20H2,1-2H3,(H,33,34);5-13,17,23H,14-16H2,1-4H3,(H,29,30). The molecule has 0 aliphatic rings. The minimum Gasteiger partial charge on any atom is -0.493 e. The number of aliphatic carboxylic acids is 2. The number of oxime groups is 2. The molecule has 5 aromatic carbocycles. The molecule has 0 aliphatic heterocycles. The van der Waals surface area contributed by atoms with E-state index in [1.165, 1.54) is 0 Å². The van der Waals surface area contributed by atoms with Gasteiger partial charge in [-0.05, 0) is 120 Å².